The smallest absolute Gasteiger partial charge is 0.175 e. The molecule has 3 aromatic rings. The van der Waals surface area contributed by atoms with Gasteiger partial charge in [0.05, 0.1) is 23.3 Å². The zero-order valence-electron chi connectivity index (χ0n) is 12.5. The predicted octanol–water partition coefficient (Wildman–Crippen LogP) is 2.55. The van der Waals surface area contributed by atoms with Gasteiger partial charge in [-0.2, -0.15) is 10.2 Å². The fourth-order valence-electron chi connectivity index (χ4n) is 2.28. The van der Waals surface area contributed by atoms with Gasteiger partial charge >= 0.3 is 0 Å². The third-order valence-corrected chi connectivity index (χ3v) is 3.30. The first-order valence-corrected chi connectivity index (χ1v) is 7.06. The van der Waals surface area contributed by atoms with Crippen molar-refractivity contribution in [3.8, 4) is 17.1 Å². The van der Waals surface area contributed by atoms with Crippen LogP contribution in [0.2, 0.25) is 0 Å². The van der Waals surface area contributed by atoms with Crippen LogP contribution in [0.4, 0.5) is 0 Å². The summed E-state index contributed by atoms with van der Waals surface area (Å²) in [5.74, 6) is 0.766. The molecule has 0 saturated carbocycles. The quantitative estimate of drug-likeness (QED) is 0.738. The summed E-state index contributed by atoms with van der Waals surface area (Å²) in [6.45, 7) is 6.90. The van der Waals surface area contributed by atoms with Crippen molar-refractivity contribution in [1.29, 1.82) is 0 Å². The van der Waals surface area contributed by atoms with Crippen LogP contribution in [0.25, 0.3) is 17.1 Å². The Morgan fingerprint density at radius 3 is 2.81 bits per heavy atom. The summed E-state index contributed by atoms with van der Waals surface area (Å²) >= 11 is 0. The number of nitrogens with zero attached hydrogens (tertiary/aromatic N) is 6. The van der Waals surface area contributed by atoms with Crippen LogP contribution < -0.4 is 0 Å². The number of rotatable bonds is 4. The molecule has 0 atom stereocenters. The molecule has 6 nitrogen and oxygen atoms in total. The lowest BCUT2D eigenvalue weighted by molar-refractivity contribution is 0.609. The standard InChI is InChI=1S/C15H18N6/c1-4-7-20-14(5-6-17-20)13-9-18-21(10-13)15-12(3)16-8-11(2)19-15/h5-6,8-10H,4,7H2,1-3H3. The Labute approximate surface area is 123 Å². The van der Waals surface area contributed by atoms with Crippen molar-refractivity contribution in [3.63, 3.8) is 0 Å². The third-order valence-electron chi connectivity index (χ3n) is 3.30. The van der Waals surface area contributed by atoms with Gasteiger partial charge in [0.15, 0.2) is 5.82 Å². The molecule has 0 amide bonds. The molecule has 3 rings (SSSR count). The Bertz CT molecular complexity index is 755. The van der Waals surface area contributed by atoms with Crippen LogP contribution in [-0.4, -0.2) is 29.5 Å². The van der Waals surface area contributed by atoms with Gasteiger partial charge in [0.25, 0.3) is 0 Å². The monoisotopic (exact) mass is 282 g/mol. The van der Waals surface area contributed by atoms with Gasteiger partial charge in [-0.1, -0.05) is 6.92 Å². The lowest BCUT2D eigenvalue weighted by Gasteiger charge is -2.05. The second kappa shape index (κ2) is 5.47. The Balaban J connectivity index is 2.00. The first-order valence-electron chi connectivity index (χ1n) is 7.06. The summed E-state index contributed by atoms with van der Waals surface area (Å²) in [6, 6.07) is 2.01. The Hall–Kier alpha value is -2.50. The summed E-state index contributed by atoms with van der Waals surface area (Å²) in [6.07, 6.45) is 8.44. The molecule has 6 heteroatoms. The average Bonchev–Trinajstić information content (AvgIpc) is 3.10. The minimum atomic E-state index is 0.766. The molecule has 0 fully saturated rings. The van der Waals surface area contributed by atoms with Crippen molar-refractivity contribution in [3.05, 3.63) is 42.2 Å². The van der Waals surface area contributed by atoms with E-state index in [4.69, 9.17) is 0 Å². The van der Waals surface area contributed by atoms with E-state index in [0.717, 1.165) is 41.4 Å². The molecule has 0 spiro atoms. The van der Waals surface area contributed by atoms with E-state index in [9.17, 15) is 0 Å². The summed E-state index contributed by atoms with van der Waals surface area (Å²) in [7, 11) is 0. The van der Waals surface area contributed by atoms with E-state index in [1.807, 2.05) is 43.2 Å². The zero-order valence-corrected chi connectivity index (χ0v) is 12.5. The van der Waals surface area contributed by atoms with Gasteiger partial charge in [0, 0.05) is 30.7 Å². The van der Waals surface area contributed by atoms with Gasteiger partial charge in [-0.05, 0) is 26.3 Å². The molecule has 0 aliphatic carbocycles. The zero-order chi connectivity index (χ0) is 14.8. The van der Waals surface area contributed by atoms with E-state index in [-0.39, 0.29) is 0 Å². The highest BCUT2D eigenvalue weighted by Gasteiger charge is 2.11. The second-order valence-electron chi connectivity index (χ2n) is 5.03. The maximum absolute atomic E-state index is 4.51. The number of aromatic nitrogens is 6. The predicted molar refractivity (Wildman–Crippen MR) is 80.1 cm³/mol. The van der Waals surface area contributed by atoms with Gasteiger partial charge in [-0.15, -0.1) is 0 Å². The molecule has 0 aromatic carbocycles. The second-order valence-corrected chi connectivity index (χ2v) is 5.03. The van der Waals surface area contributed by atoms with Crippen molar-refractivity contribution in [1.82, 2.24) is 29.5 Å². The van der Waals surface area contributed by atoms with E-state index in [2.05, 4.69) is 27.1 Å². The maximum Gasteiger partial charge on any atom is 0.175 e. The molecule has 3 aromatic heterocycles. The largest absolute Gasteiger partial charge is 0.265 e. The van der Waals surface area contributed by atoms with E-state index in [1.165, 1.54) is 0 Å². The molecule has 0 radical (unpaired) electrons. The van der Waals surface area contributed by atoms with Crippen molar-refractivity contribution in [2.24, 2.45) is 0 Å². The van der Waals surface area contributed by atoms with Crippen LogP contribution in [0.1, 0.15) is 24.7 Å². The molecule has 0 aliphatic rings. The fraction of sp³-hybridized carbons (Fsp3) is 0.333. The van der Waals surface area contributed by atoms with Gasteiger partial charge in [0.2, 0.25) is 0 Å². The lowest BCUT2D eigenvalue weighted by Crippen LogP contribution is -2.04. The number of aryl methyl sites for hydroxylation is 3. The van der Waals surface area contributed by atoms with E-state index in [0.29, 0.717) is 0 Å². The normalized spacial score (nSPS) is 11.0. The van der Waals surface area contributed by atoms with Gasteiger partial charge in [-0.25, -0.2) is 9.67 Å². The highest BCUT2D eigenvalue weighted by molar-refractivity contribution is 5.57. The first-order chi connectivity index (χ1) is 10.2. The molecule has 0 aliphatic heterocycles. The van der Waals surface area contributed by atoms with Crippen LogP contribution in [0.3, 0.4) is 0 Å². The summed E-state index contributed by atoms with van der Waals surface area (Å²) < 4.78 is 3.77. The maximum atomic E-state index is 4.51. The van der Waals surface area contributed by atoms with E-state index < -0.39 is 0 Å². The minimum absolute atomic E-state index is 0.766. The van der Waals surface area contributed by atoms with Crippen LogP contribution in [0, 0.1) is 13.8 Å². The Kier molecular flexibility index (Phi) is 3.51. The van der Waals surface area contributed by atoms with Crippen molar-refractivity contribution < 1.29 is 0 Å². The third kappa shape index (κ3) is 2.56. The Morgan fingerprint density at radius 2 is 2.00 bits per heavy atom. The molecule has 108 valence electrons. The number of hydrogen-bond acceptors (Lipinski definition) is 4. The van der Waals surface area contributed by atoms with Gasteiger partial charge < -0.3 is 0 Å². The molecule has 0 unspecified atom stereocenters. The lowest BCUT2D eigenvalue weighted by atomic mass is 10.2. The molecule has 0 saturated heterocycles. The van der Waals surface area contributed by atoms with Crippen LogP contribution in [0.5, 0.6) is 0 Å². The van der Waals surface area contributed by atoms with Crippen molar-refractivity contribution >= 4 is 0 Å². The summed E-state index contributed by atoms with van der Waals surface area (Å²) in [5, 5.41) is 8.77. The van der Waals surface area contributed by atoms with Crippen LogP contribution >= 0.6 is 0 Å². The molecule has 0 N–H and O–H groups in total. The minimum Gasteiger partial charge on any atom is -0.265 e. The average molecular weight is 282 g/mol. The molecule has 0 bridgehead atoms. The highest BCUT2D eigenvalue weighted by Crippen LogP contribution is 2.20. The van der Waals surface area contributed by atoms with E-state index in [1.54, 1.807) is 10.9 Å². The van der Waals surface area contributed by atoms with Gasteiger partial charge in [0.1, 0.15) is 0 Å². The van der Waals surface area contributed by atoms with E-state index >= 15 is 0 Å². The SMILES string of the molecule is CCCn1nccc1-c1cnn(-c2nc(C)cnc2C)c1. The molecule has 21 heavy (non-hydrogen) atoms. The fourth-order valence-corrected chi connectivity index (χ4v) is 2.28. The number of hydrogen-bond donors (Lipinski definition) is 0. The first kappa shape index (κ1) is 13.5. The van der Waals surface area contributed by atoms with Crippen LogP contribution in [-0.2, 0) is 6.54 Å². The Morgan fingerprint density at radius 1 is 1.14 bits per heavy atom. The van der Waals surface area contributed by atoms with Crippen molar-refractivity contribution in [2.75, 3.05) is 0 Å². The molecule has 3 heterocycles. The van der Waals surface area contributed by atoms with Gasteiger partial charge in [-0.3, -0.25) is 9.67 Å². The summed E-state index contributed by atoms with van der Waals surface area (Å²) in [4.78, 5) is 8.85. The highest BCUT2D eigenvalue weighted by atomic mass is 15.3. The molecular formula is C15H18N6. The summed E-state index contributed by atoms with van der Waals surface area (Å²) in [5.41, 5.74) is 3.84. The van der Waals surface area contributed by atoms with Crippen molar-refractivity contribution in [2.45, 2.75) is 33.7 Å². The topological polar surface area (TPSA) is 61.4 Å². The molecular weight excluding hydrogens is 264 g/mol. The van der Waals surface area contributed by atoms with Crippen LogP contribution in [0.15, 0.2) is 30.9 Å².